The number of benzene rings is 1. The van der Waals surface area contributed by atoms with Crippen LogP contribution in [0.2, 0.25) is 0 Å². The minimum atomic E-state index is 0.305. The van der Waals surface area contributed by atoms with Crippen LogP contribution in [0.3, 0.4) is 0 Å². The molecule has 2 heterocycles. The third-order valence-corrected chi connectivity index (χ3v) is 3.70. The summed E-state index contributed by atoms with van der Waals surface area (Å²) < 4.78 is 2.26. The SMILES string of the molecule is Cc1cccc(-c2nnc3n2CCNC3C(C)C)c1. The molecule has 4 heteroatoms. The average Bonchev–Trinajstić information content (AvgIpc) is 2.82. The van der Waals surface area contributed by atoms with Gasteiger partial charge in [-0.3, -0.25) is 0 Å². The van der Waals surface area contributed by atoms with E-state index < -0.39 is 0 Å². The molecule has 0 aliphatic carbocycles. The number of hydrogen-bond donors (Lipinski definition) is 1. The lowest BCUT2D eigenvalue weighted by Gasteiger charge is -2.27. The first-order valence-corrected chi connectivity index (χ1v) is 6.90. The first-order valence-electron chi connectivity index (χ1n) is 6.90. The Kier molecular flexibility index (Phi) is 3.11. The number of aromatic nitrogens is 3. The predicted octanol–water partition coefficient (Wildman–Crippen LogP) is 2.55. The van der Waals surface area contributed by atoms with Crippen LogP contribution in [-0.4, -0.2) is 21.3 Å². The van der Waals surface area contributed by atoms with Gasteiger partial charge in [-0.2, -0.15) is 0 Å². The van der Waals surface area contributed by atoms with Gasteiger partial charge in [-0.15, -0.1) is 10.2 Å². The number of nitrogens with zero attached hydrogens (tertiary/aromatic N) is 3. The number of aryl methyl sites for hydroxylation is 1. The summed E-state index contributed by atoms with van der Waals surface area (Å²) in [4.78, 5) is 0. The number of rotatable bonds is 2. The van der Waals surface area contributed by atoms with E-state index in [9.17, 15) is 0 Å². The smallest absolute Gasteiger partial charge is 0.164 e. The first kappa shape index (κ1) is 12.4. The number of nitrogens with one attached hydrogen (secondary N) is 1. The van der Waals surface area contributed by atoms with E-state index in [0.29, 0.717) is 12.0 Å². The molecule has 19 heavy (non-hydrogen) atoms. The zero-order valence-electron chi connectivity index (χ0n) is 11.7. The molecule has 0 bridgehead atoms. The normalized spacial score (nSPS) is 18.6. The summed E-state index contributed by atoms with van der Waals surface area (Å²) in [7, 11) is 0. The van der Waals surface area contributed by atoms with Crippen molar-refractivity contribution in [2.24, 2.45) is 5.92 Å². The molecule has 0 spiro atoms. The molecule has 1 unspecified atom stereocenters. The third-order valence-electron chi connectivity index (χ3n) is 3.70. The second-order valence-corrected chi connectivity index (χ2v) is 5.58. The third kappa shape index (κ3) is 2.16. The Morgan fingerprint density at radius 3 is 2.89 bits per heavy atom. The highest BCUT2D eigenvalue weighted by molar-refractivity contribution is 5.56. The van der Waals surface area contributed by atoms with Gasteiger partial charge in [0.15, 0.2) is 11.6 Å². The molecule has 1 atom stereocenters. The number of hydrogen-bond acceptors (Lipinski definition) is 3. The highest BCUT2D eigenvalue weighted by atomic mass is 15.3. The molecule has 100 valence electrons. The van der Waals surface area contributed by atoms with Crippen molar-refractivity contribution in [1.82, 2.24) is 20.1 Å². The van der Waals surface area contributed by atoms with E-state index in [1.807, 2.05) is 0 Å². The summed E-state index contributed by atoms with van der Waals surface area (Å²) in [6, 6.07) is 8.77. The molecule has 0 saturated carbocycles. The molecule has 1 aromatic heterocycles. The maximum Gasteiger partial charge on any atom is 0.164 e. The molecule has 1 aliphatic heterocycles. The van der Waals surface area contributed by atoms with Crippen LogP contribution in [0.25, 0.3) is 11.4 Å². The molecule has 1 aromatic carbocycles. The Bertz CT molecular complexity index is 586. The zero-order chi connectivity index (χ0) is 13.4. The fourth-order valence-electron chi connectivity index (χ4n) is 2.72. The Labute approximate surface area is 113 Å². The molecule has 1 N–H and O–H groups in total. The topological polar surface area (TPSA) is 42.7 Å². The second-order valence-electron chi connectivity index (χ2n) is 5.58. The van der Waals surface area contributed by atoms with Crippen LogP contribution in [0.5, 0.6) is 0 Å². The summed E-state index contributed by atoms with van der Waals surface area (Å²) in [6.07, 6.45) is 0. The van der Waals surface area contributed by atoms with E-state index in [0.717, 1.165) is 30.3 Å². The van der Waals surface area contributed by atoms with Crippen LogP contribution in [0.1, 0.15) is 31.3 Å². The monoisotopic (exact) mass is 256 g/mol. The Balaban J connectivity index is 2.06. The van der Waals surface area contributed by atoms with Crippen LogP contribution >= 0.6 is 0 Å². The molecule has 2 aromatic rings. The Morgan fingerprint density at radius 2 is 2.16 bits per heavy atom. The van der Waals surface area contributed by atoms with Crippen molar-refractivity contribution in [2.45, 2.75) is 33.4 Å². The minimum Gasteiger partial charge on any atom is -0.308 e. The van der Waals surface area contributed by atoms with Gasteiger partial charge in [-0.1, -0.05) is 37.6 Å². The lowest BCUT2D eigenvalue weighted by molar-refractivity contribution is 0.339. The fraction of sp³-hybridized carbons (Fsp3) is 0.467. The van der Waals surface area contributed by atoms with Crippen molar-refractivity contribution < 1.29 is 0 Å². The van der Waals surface area contributed by atoms with E-state index >= 15 is 0 Å². The molecule has 1 aliphatic rings. The van der Waals surface area contributed by atoms with Gasteiger partial charge in [0.2, 0.25) is 0 Å². The van der Waals surface area contributed by atoms with Gasteiger partial charge >= 0.3 is 0 Å². The fourth-order valence-corrected chi connectivity index (χ4v) is 2.72. The van der Waals surface area contributed by atoms with Crippen LogP contribution in [0.4, 0.5) is 0 Å². The average molecular weight is 256 g/mol. The largest absolute Gasteiger partial charge is 0.308 e. The summed E-state index contributed by atoms with van der Waals surface area (Å²) in [5.41, 5.74) is 2.41. The second kappa shape index (κ2) is 4.78. The number of fused-ring (bicyclic) bond motifs is 1. The quantitative estimate of drug-likeness (QED) is 0.898. The van der Waals surface area contributed by atoms with Gasteiger partial charge in [0.1, 0.15) is 0 Å². The highest BCUT2D eigenvalue weighted by Crippen LogP contribution is 2.27. The van der Waals surface area contributed by atoms with Crippen molar-refractivity contribution in [1.29, 1.82) is 0 Å². The molecule has 0 amide bonds. The molecule has 0 saturated heterocycles. The van der Waals surface area contributed by atoms with Gasteiger partial charge in [-0.25, -0.2) is 0 Å². The summed E-state index contributed by atoms with van der Waals surface area (Å²) in [5, 5.41) is 12.4. The van der Waals surface area contributed by atoms with Crippen LogP contribution in [0, 0.1) is 12.8 Å². The van der Waals surface area contributed by atoms with Gasteiger partial charge < -0.3 is 9.88 Å². The van der Waals surface area contributed by atoms with E-state index in [2.05, 4.69) is 65.1 Å². The molecule has 3 rings (SSSR count). The van der Waals surface area contributed by atoms with Crippen molar-refractivity contribution in [3.63, 3.8) is 0 Å². The maximum absolute atomic E-state index is 4.42. The maximum atomic E-state index is 4.42. The van der Waals surface area contributed by atoms with E-state index in [-0.39, 0.29) is 0 Å². The van der Waals surface area contributed by atoms with Crippen LogP contribution in [0.15, 0.2) is 24.3 Å². The Morgan fingerprint density at radius 1 is 1.32 bits per heavy atom. The Hall–Kier alpha value is -1.68. The molecule has 0 fully saturated rings. The highest BCUT2D eigenvalue weighted by Gasteiger charge is 2.27. The van der Waals surface area contributed by atoms with E-state index in [1.165, 1.54) is 5.56 Å². The van der Waals surface area contributed by atoms with Crippen molar-refractivity contribution in [2.75, 3.05) is 6.54 Å². The summed E-state index contributed by atoms with van der Waals surface area (Å²) in [5.74, 6) is 2.58. The molecule has 0 radical (unpaired) electrons. The lowest BCUT2D eigenvalue weighted by Crippen LogP contribution is -2.36. The van der Waals surface area contributed by atoms with Crippen LogP contribution < -0.4 is 5.32 Å². The molecular weight excluding hydrogens is 236 g/mol. The van der Waals surface area contributed by atoms with Gasteiger partial charge in [-0.05, 0) is 18.9 Å². The zero-order valence-corrected chi connectivity index (χ0v) is 11.7. The molecular formula is C15H20N4. The van der Waals surface area contributed by atoms with Gasteiger partial charge in [0.05, 0.1) is 6.04 Å². The predicted molar refractivity (Wildman–Crippen MR) is 75.8 cm³/mol. The van der Waals surface area contributed by atoms with Crippen molar-refractivity contribution >= 4 is 0 Å². The van der Waals surface area contributed by atoms with E-state index in [1.54, 1.807) is 0 Å². The van der Waals surface area contributed by atoms with Gasteiger partial charge in [0.25, 0.3) is 0 Å². The van der Waals surface area contributed by atoms with Crippen molar-refractivity contribution in [3.8, 4) is 11.4 Å². The summed E-state index contributed by atoms with van der Waals surface area (Å²) in [6.45, 7) is 8.46. The summed E-state index contributed by atoms with van der Waals surface area (Å²) >= 11 is 0. The lowest BCUT2D eigenvalue weighted by atomic mass is 10.0. The molecule has 4 nitrogen and oxygen atoms in total. The van der Waals surface area contributed by atoms with Gasteiger partial charge in [0, 0.05) is 18.7 Å². The first-order chi connectivity index (χ1) is 9.16. The van der Waals surface area contributed by atoms with Crippen molar-refractivity contribution in [3.05, 3.63) is 35.7 Å². The standard InChI is InChI=1S/C15H20N4/c1-10(2)13-15-18-17-14(19(15)8-7-16-13)12-6-4-5-11(3)9-12/h4-6,9-10,13,16H,7-8H2,1-3H3. The van der Waals surface area contributed by atoms with E-state index in [4.69, 9.17) is 0 Å². The minimum absolute atomic E-state index is 0.305. The van der Waals surface area contributed by atoms with Crippen LogP contribution in [-0.2, 0) is 6.54 Å².